The van der Waals surface area contributed by atoms with Crippen LogP contribution in [0.5, 0.6) is 0 Å². The average Bonchev–Trinajstić information content (AvgIpc) is 3.03. The molecular formula is C24H42O21. The Labute approximate surface area is 254 Å². The lowest BCUT2D eigenvalue weighted by molar-refractivity contribution is -0.397. The summed E-state index contributed by atoms with van der Waals surface area (Å²) in [6, 6.07) is 0. The SMILES string of the molecule is OC[C@H]1O[C@H](O[C@@H]2O[C@H](CO)[C@@H](O[C@H]3O[C@H](CO)[C@@H](O[C@H]4O[C@H](CO)[C@@H](O)[C@H](O)[C@H]4O)[C@H](O)[C@H]3O)[C@H](O)[C@H]2O)[C@H](O)[C@@H](O)[C@@H]1O. The van der Waals surface area contributed by atoms with Gasteiger partial charge in [0, 0.05) is 0 Å². The van der Waals surface area contributed by atoms with Crippen molar-refractivity contribution in [2.24, 2.45) is 0 Å². The molecule has 0 aromatic carbocycles. The fraction of sp³-hybridized carbons (Fsp3) is 1.00. The third-order valence-electron chi connectivity index (χ3n) is 8.19. The van der Waals surface area contributed by atoms with E-state index in [9.17, 15) is 71.5 Å². The van der Waals surface area contributed by atoms with Crippen molar-refractivity contribution in [2.75, 3.05) is 26.4 Å². The predicted octanol–water partition coefficient (Wildman–Crippen LogP) is -9.75. The Morgan fingerprint density at radius 3 is 0.889 bits per heavy atom. The number of ether oxygens (including phenoxy) is 7. The van der Waals surface area contributed by atoms with E-state index < -0.39 is 149 Å². The Morgan fingerprint density at radius 1 is 0.311 bits per heavy atom. The van der Waals surface area contributed by atoms with E-state index in [0.29, 0.717) is 0 Å². The molecule has 0 aromatic heterocycles. The third-order valence-corrected chi connectivity index (χ3v) is 8.19. The van der Waals surface area contributed by atoms with Crippen molar-refractivity contribution < 1.29 is 105 Å². The van der Waals surface area contributed by atoms with Crippen LogP contribution in [0.3, 0.4) is 0 Å². The highest BCUT2D eigenvalue weighted by atomic mass is 16.8. The number of rotatable bonds is 10. The first kappa shape index (κ1) is 37.0. The molecule has 264 valence electrons. The van der Waals surface area contributed by atoms with Gasteiger partial charge < -0.3 is 105 Å². The smallest absolute Gasteiger partial charge is 0.189 e. The Hall–Kier alpha value is -0.840. The van der Waals surface area contributed by atoms with Gasteiger partial charge in [-0.1, -0.05) is 0 Å². The van der Waals surface area contributed by atoms with Crippen LogP contribution in [0.25, 0.3) is 0 Å². The molecule has 0 spiro atoms. The Kier molecular flexibility index (Phi) is 12.8. The lowest BCUT2D eigenvalue weighted by atomic mass is 9.96. The van der Waals surface area contributed by atoms with Gasteiger partial charge in [0.2, 0.25) is 0 Å². The van der Waals surface area contributed by atoms with Gasteiger partial charge in [0.25, 0.3) is 0 Å². The minimum Gasteiger partial charge on any atom is -0.394 e. The molecule has 4 heterocycles. The van der Waals surface area contributed by atoms with Gasteiger partial charge in [-0.25, -0.2) is 0 Å². The van der Waals surface area contributed by atoms with Gasteiger partial charge in [0.05, 0.1) is 26.4 Å². The van der Waals surface area contributed by atoms with E-state index in [1.165, 1.54) is 0 Å². The molecule has 4 rings (SSSR count). The highest BCUT2D eigenvalue weighted by molar-refractivity contribution is 4.97. The van der Waals surface area contributed by atoms with E-state index in [-0.39, 0.29) is 0 Å². The van der Waals surface area contributed by atoms with Crippen molar-refractivity contribution >= 4 is 0 Å². The Morgan fingerprint density at radius 2 is 0.578 bits per heavy atom. The highest BCUT2D eigenvalue weighted by Gasteiger charge is 2.54. The molecule has 0 aromatic rings. The third kappa shape index (κ3) is 7.44. The molecule has 0 bridgehead atoms. The van der Waals surface area contributed by atoms with Crippen molar-refractivity contribution in [1.82, 2.24) is 0 Å². The maximum atomic E-state index is 10.8. The van der Waals surface area contributed by atoms with E-state index in [1.54, 1.807) is 0 Å². The first-order valence-corrected chi connectivity index (χ1v) is 14.1. The van der Waals surface area contributed by atoms with Crippen LogP contribution < -0.4 is 0 Å². The monoisotopic (exact) mass is 666 g/mol. The summed E-state index contributed by atoms with van der Waals surface area (Å²) >= 11 is 0. The maximum Gasteiger partial charge on any atom is 0.189 e. The fourth-order valence-electron chi connectivity index (χ4n) is 5.47. The number of aliphatic hydroxyl groups excluding tert-OH is 14. The zero-order chi connectivity index (χ0) is 33.3. The molecule has 0 radical (unpaired) electrons. The van der Waals surface area contributed by atoms with Crippen molar-refractivity contribution in [3.05, 3.63) is 0 Å². The van der Waals surface area contributed by atoms with Crippen LogP contribution in [0, 0.1) is 0 Å². The standard InChI is InChI=1S/C24H42O21/c25-1-5-9(29)11(31)15(35)21(39-5)43-19-7(3-27)41-22(17(37)13(19)33)44-20-8(4-28)42-24(18(38)14(20)34)45-23-16(36)12(32)10(30)6(2-26)40-23/h5-38H,1-4H2/t5-,6-,7-,8-,9-,10-,11+,12+,13-,14-,15-,16-,17-,18-,19-,20-,21-,22-,23-,24+/m1/s1. The van der Waals surface area contributed by atoms with E-state index in [4.69, 9.17) is 33.2 Å². The van der Waals surface area contributed by atoms with Gasteiger partial charge in [-0.15, -0.1) is 0 Å². The molecule has 20 atom stereocenters. The van der Waals surface area contributed by atoms with E-state index in [1.807, 2.05) is 0 Å². The van der Waals surface area contributed by atoms with Crippen LogP contribution in [-0.4, -0.2) is 221 Å². The van der Waals surface area contributed by atoms with Crippen LogP contribution in [0.4, 0.5) is 0 Å². The fourth-order valence-corrected chi connectivity index (χ4v) is 5.47. The summed E-state index contributed by atoms with van der Waals surface area (Å²) in [5.41, 5.74) is 0. The number of hydrogen-bond donors (Lipinski definition) is 14. The second-order valence-corrected chi connectivity index (χ2v) is 11.1. The molecule has 45 heavy (non-hydrogen) atoms. The molecule has 4 fully saturated rings. The van der Waals surface area contributed by atoms with Crippen LogP contribution in [0.15, 0.2) is 0 Å². The molecule has 4 aliphatic heterocycles. The zero-order valence-electron chi connectivity index (χ0n) is 23.5. The second kappa shape index (κ2) is 15.6. The summed E-state index contributed by atoms with van der Waals surface area (Å²) in [4.78, 5) is 0. The summed E-state index contributed by atoms with van der Waals surface area (Å²) in [6.07, 6.45) is -35.3. The van der Waals surface area contributed by atoms with Crippen LogP contribution in [0.1, 0.15) is 0 Å². The molecule has 0 aliphatic carbocycles. The summed E-state index contributed by atoms with van der Waals surface area (Å²) in [6.45, 7) is -3.36. The normalized spacial score (nSPS) is 52.9. The topological polar surface area (TPSA) is 348 Å². The Bertz CT molecular complexity index is 910. The largest absolute Gasteiger partial charge is 0.394 e. The van der Waals surface area contributed by atoms with E-state index >= 15 is 0 Å². The first-order chi connectivity index (χ1) is 21.3. The molecule has 4 saturated heterocycles. The van der Waals surface area contributed by atoms with Crippen LogP contribution in [-0.2, 0) is 33.2 Å². The number of hydrogen-bond acceptors (Lipinski definition) is 21. The van der Waals surface area contributed by atoms with Gasteiger partial charge in [-0.2, -0.15) is 0 Å². The van der Waals surface area contributed by atoms with E-state index in [0.717, 1.165) is 0 Å². The average molecular weight is 667 g/mol. The molecule has 21 heteroatoms. The quantitative estimate of drug-likeness (QED) is 0.103. The second-order valence-electron chi connectivity index (χ2n) is 11.1. The molecule has 0 saturated carbocycles. The molecular weight excluding hydrogens is 624 g/mol. The minimum absolute atomic E-state index is 0.782. The van der Waals surface area contributed by atoms with Gasteiger partial charge >= 0.3 is 0 Å². The molecule has 4 aliphatic rings. The van der Waals surface area contributed by atoms with Crippen LogP contribution in [0.2, 0.25) is 0 Å². The summed E-state index contributed by atoms with van der Waals surface area (Å²) in [5, 5.41) is 142. The number of aliphatic hydroxyl groups is 14. The molecule has 21 nitrogen and oxygen atoms in total. The van der Waals surface area contributed by atoms with Gasteiger partial charge in [-0.3, -0.25) is 0 Å². The van der Waals surface area contributed by atoms with Gasteiger partial charge in [0.1, 0.15) is 97.7 Å². The zero-order valence-corrected chi connectivity index (χ0v) is 23.5. The molecule has 14 N–H and O–H groups in total. The van der Waals surface area contributed by atoms with Crippen molar-refractivity contribution in [3.8, 4) is 0 Å². The predicted molar refractivity (Wildman–Crippen MR) is 134 cm³/mol. The minimum atomic E-state index is -2.02. The lowest BCUT2D eigenvalue weighted by Gasteiger charge is -2.48. The van der Waals surface area contributed by atoms with Crippen molar-refractivity contribution in [3.63, 3.8) is 0 Å². The highest BCUT2D eigenvalue weighted by Crippen LogP contribution is 2.33. The molecule has 0 amide bonds. The summed E-state index contributed by atoms with van der Waals surface area (Å²) < 4.78 is 37.8. The van der Waals surface area contributed by atoms with Crippen molar-refractivity contribution in [2.45, 2.75) is 123 Å². The Balaban J connectivity index is 1.42. The first-order valence-electron chi connectivity index (χ1n) is 14.1. The maximum absolute atomic E-state index is 10.8. The molecule has 0 unspecified atom stereocenters. The van der Waals surface area contributed by atoms with E-state index in [2.05, 4.69) is 0 Å². The van der Waals surface area contributed by atoms with Crippen LogP contribution >= 0.6 is 0 Å². The van der Waals surface area contributed by atoms with Gasteiger partial charge in [0.15, 0.2) is 25.2 Å². The van der Waals surface area contributed by atoms with Crippen molar-refractivity contribution in [1.29, 1.82) is 0 Å². The van der Waals surface area contributed by atoms with Gasteiger partial charge in [-0.05, 0) is 0 Å². The summed E-state index contributed by atoms with van der Waals surface area (Å²) in [5.74, 6) is 0. The summed E-state index contributed by atoms with van der Waals surface area (Å²) in [7, 11) is 0. The lowest BCUT2D eigenvalue weighted by Crippen LogP contribution is -2.67.